The monoisotopic (exact) mass is 284 g/mol. The lowest BCUT2D eigenvalue weighted by atomic mass is 10.0. The summed E-state index contributed by atoms with van der Waals surface area (Å²) in [4.78, 5) is 10.5. The summed E-state index contributed by atoms with van der Waals surface area (Å²) in [6.45, 7) is 1.52. The minimum absolute atomic E-state index is 0. The fraction of sp³-hybridized carbons (Fsp3) is 0.300. The molecule has 4 N–H and O–H groups in total. The van der Waals surface area contributed by atoms with Crippen LogP contribution in [0.1, 0.15) is 24.1 Å². The van der Waals surface area contributed by atoms with Gasteiger partial charge in [-0.2, -0.15) is 13.2 Å². The molecule has 1 atom stereocenters. The minimum Gasteiger partial charge on any atom is -0.410 e. The number of nitrogens with two attached hydrogens (primary N) is 2. The molecule has 18 heavy (non-hydrogen) atoms. The smallest absolute Gasteiger partial charge is 0.410 e. The van der Waals surface area contributed by atoms with Gasteiger partial charge in [0.15, 0.2) is 0 Å². The average Bonchev–Trinajstić information content (AvgIpc) is 2.14. The van der Waals surface area contributed by atoms with Crippen LogP contribution in [-0.4, -0.2) is 6.09 Å². The van der Waals surface area contributed by atoms with Crippen molar-refractivity contribution < 1.29 is 22.7 Å². The van der Waals surface area contributed by atoms with E-state index in [1.54, 1.807) is 0 Å². The molecule has 102 valence electrons. The number of alkyl halides is 3. The fourth-order valence-corrected chi connectivity index (χ4v) is 1.22. The molecule has 1 aromatic rings. The number of ether oxygens (including phenoxy) is 1. The topological polar surface area (TPSA) is 78.3 Å². The molecule has 1 rings (SSSR count). The SMILES string of the molecule is C[C@@H](N)c1cc(OC(N)=O)cc(C(F)(F)F)c1.Cl. The molecule has 0 heterocycles. The third-order valence-corrected chi connectivity index (χ3v) is 2.00. The summed E-state index contributed by atoms with van der Waals surface area (Å²) in [6.07, 6.45) is -5.72. The van der Waals surface area contributed by atoms with Gasteiger partial charge in [-0.1, -0.05) is 0 Å². The summed E-state index contributed by atoms with van der Waals surface area (Å²) in [7, 11) is 0. The van der Waals surface area contributed by atoms with Crippen molar-refractivity contribution in [1.82, 2.24) is 0 Å². The Bertz CT molecular complexity index is 436. The van der Waals surface area contributed by atoms with E-state index in [2.05, 4.69) is 4.74 Å². The Balaban J connectivity index is 0.00000289. The quantitative estimate of drug-likeness (QED) is 0.876. The molecule has 4 nitrogen and oxygen atoms in total. The van der Waals surface area contributed by atoms with E-state index in [1.807, 2.05) is 0 Å². The first-order valence-corrected chi connectivity index (χ1v) is 4.65. The lowest BCUT2D eigenvalue weighted by molar-refractivity contribution is -0.137. The number of amides is 1. The standard InChI is InChI=1S/C10H11F3N2O2.ClH/c1-5(14)6-2-7(10(11,12)13)4-8(3-6)17-9(15)16;/h2-5H,14H2,1H3,(H2,15,16);1H/t5-;/m1./s1. The first-order valence-electron chi connectivity index (χ1n) is 4.65. The lowest BCUT2D eigenvalue weighted by Gasteiger charge is -2.13. The first-order chi connectivity index (χ1) is 7.70. The summed E-state index contributed by atoms with van der Waals surface area (Å²) in [5.41, 5.74) is 9.49. The number of hydrogen-bond acceptors (Lipinski definition) is 3. The van der Waals surface area contributed by atoms with Gasteiger partial charge in [0, 0.05) is 6.04 Å². The average molecular weight is 285 g/mol. The van der Waals surface area contributed by atoms with Gasteiger partial charge in [-0.3, -0.25) is 0 Å². The van der Waals surface area contributed by atoms with Crippen molar-refractivity contribution in [1.29, 1.82) is 0 Å². The highest BCUT2D eigenvalue weighted by Gasteiger charge is 2.31. The molecule has 0 aromatic heterocycles. The number of carbonyl (C=O) groups is 1. The number of halogens is 4. The number of hydrogen-bond donors (Lipinski definition) is 2. The van der Waals surface area contributed by atoms with Crippen LogP contribution in [0, 0.1) is 0 Å². The molecule has 1 aromatic carbocycles. The molecule has 1 amide bonds. The zero-order valence-electron chi connectivity index (χ0n) is 9.32. The van der Waals surface area contributed by atoms with Gasteiger partial charge < -0.3 is 16.2 Å². The van der Waals surface area contributed by atoms with Gasteiger partial charge in [0.1, 0.15) is 5.75 Å². The Kier molecular flexibility index (Phi) is 5.44. The molecule has 0 radical (unpaired) electrons. The van der Waals surface area contributed by atoms with Gasteiger partial charge in [0.25, 0.3) is 0 Å². The second-order valence-corrected chi connectivity index (χ2v) is 3.50. The highest BCUT2D eigenvalue weighted by atomic mass is 35.5. The fourth-order valence-electron chi connectivity index (χ4n) is 1.22. The number of carbonyl (C=O) groups excluding carboxylic acids is 1. The van der Waals surface area contributed by atoms with Crippen LogP contribution in [0.5, 0.6) is 5.75 Å². The third-order valence-electron chi connectivity index (χ3n) is 2.00. The van der Waals surface area contributed by atoms with Crippen LogP contribution in [0.2, 0.25) is 0 Å². The van der Waals surface area contributed by atoms with Crippen molar-refractivity contribution in [2.75, 3.05) is 0 Å². The van der Waals surface area contributed by atoms with Crippen LogP contribution in [0.4, 0.5) is 18.0 Å². The van der Waals surface area contributed by atoms with Gasteiger partial charge in [0.05, 0.1) is 5.56 Å². The van der Waals surface area contributed by atoms with Crippen molar-refractivity contribution >= 4 is 18.5 Å². The molecular formula is C10H12ClF3N2O2. The van der Waals surface area contributed by atoms with Gasteiger partial charge in [0.2, 0.25) is 0 Å². The van der Waals surface area contributed by atoms with Gasteiger partial charge in [-0.05, 0) is 30.7 Å². The molecule has 0 spiro atoms. The van der Waals surface area contributed by atoms with Crippen LogP contribution in [0.25, 0.3) is 0 Å². The Labute approximate surface area is 107 Å². The van der Waals surface area contributed by atoms with E-state index >= 15 is 0 Å². The Morgan fingerprint density at radius 1 is 1.33 bits per heavy atom. The highest BCUT2D eigenvalue weighted by molar-refractivity contribution is 5.85. The van der Waals surface area contributed by atoms with Crippen molar-refractivity contribution in [2.45, 2.75) is 19.1 Å². The molecule has 0 aliphatic carbocycles. The van der Waals surface area contributed by atoms with Crippen LogP contribution in [0.3, 0.4) is 0 Å². The van der Waals surface area contributed by atoms with Gasteiger partial charge in [-0.25, -0.2) is 4.79 Å². The predicted octanol–water partition coefficient (Wildman–Crippen LogP) is 2.60. The maximum Gasteiger partial charge on any atom is 0.416 e. The highest BCUT2D eigenvalue weighted by Crippen LogP contribution is 2.33. The predicted molar refractivity (Wildman–Crippen MR) is 61.5 cm³/mol. The summed E-state index contributed by atoms with van der Waals surface area (Å²) >= 11 is 0. The second kappa shape index (κ2) is 5.92. The Hall–Kier alpha value is -1.47. The second-order valence-electron chi connectivity index (χ2n) is 3.50. The maximum atomic E-state index is 12.5. The summed E-state index contributed by atoms with van der Waals surface area (Å²) in [6, 6.07) is 2.22. The molecule has 8 heteroatoms. The molecule has 0 unspecified atom stereocenters. The van der Waals surface area contributed by atoms with Crippen molar-refractivity contribution in [2.24, 2.45) is 11.5 Å². The Morgan fingerprint density at radius 2 is 1.89 bits per heavy atom. The number of primary amides is 1. The van der Waals surface area contributed by atoms with Gasteiger partial charge >= 0.3 is 12.3 Å². The van der Waals surface area contributed by atoms with Gasteiger partial charge in [-0.15, -0.1) is 12.4 Å². The summed E-state index contributed by atoms with van der Waals surface area (Å²) in [5, 5.41) is 0. The first kappa shape index (κ1) is 16.5. The van der Waals surface area contributed by atoms with Crippen molar-refractivity contribution in [3.8, 4) is 5.75 Å². The Morgan fingerprint density at radius 3 is 2.28 bits per heavy atom. The van der Waals surface area contributed by atoms with E-state index in [0.29, 0.717) is 6.07 Å². The molecule has 0 aliphatic heterocycles. The summed E-state index contributed by atoms with van der Waals surface area (Å²) in [5.74, 6) is -0.278. The van der Waals surface area contributed by atoms with E-state index in [9.17, 15) is 18.0 Å². The van der Waals surface area contributed by atoms with Crippen LogP contribution >= 0.6 is 12.4 Å². The largest absolute Gasteiger partial charge is 0.416 e. The van der Waals surface area contributed by atoms with Crippen LogP contribution in [0.15, 0.2) is 18.2 Å². The van der Waals surface area contributed by atoms with Crippen molar-refractivity contribution in [3.63, 3.8) is 0 Å². The zero-order valence-corrected chi connectivity index (χ0v) is 10.1. The van der Waals surface area contributed by atoms with E-state index < -0.39 is 23.9 Å². The summed E-state index contributed by atoms with van der Waals surface area (Å²) < 4.78 is 42.0. The number of benzene rings is 1. The van der Waals surface area contributed by atoms with Crippen LogP contribution in [-0.2, 0) is 6.18 Å². The molecule has 0 bridgehead atoms. The van der Waals surface area contributed by atoms with E-state index in [-0.39, 0.29) is 23.7 Å². The van der Waals surface area contributed by atoms with E-state index in [4.69, 9.17) is 11.5 Å². The molecular weight excluding hydrogens is 273 g/mol. The molecule has 0 aliphatic rings. The molecule has 0 saturated carbocycles. The van der Waals surface area contributed by atoms with E-state index in [1.165, 1.54) is 13.0 Å². The normalized spacial score (nSPS) is 12.5. The lowest BCUT2D eigenvalue weighted by Crippen LogP contribution is -2.17. The number of rotatable bonds is 2. The van der Waals surface area contributed by atoms with E-state index in [0.717, 1.165) is 6.07 Å². The van der Waals surface area contributed by atoms with Crippen molar-refractivity contribution in [3.05, 3.63) is 29.3 Å². The maximum absolute atomic E-state index is 12.5. The minimum atomic E-state index is -4.54. The molecule has 0 fully saturated rings. The zero-order chi connectivity index (χ0) is 13.2. The molecule has 0 saturated heterocycles. The third kappa shape index (κ3) is 4.42. The van der Waals surface area contributed by atoms with Crippen LogP contribution < -0.4 is 16.2 Å².